The van der Waals surface area contributed by atoms with Crippen molar-refractivity contribution in [2.45, 2.75) is 39.2 Å². The van der Waals surface area contributed by atoms with Crippen molar-refractivity contribution in [1.82, 2.24) is 4.98 Å². The summed E-state index contributed by atoms with van der Waals surface area (Å²) in [6.07, 6.45) is 3.01. The summed E-state index contributed by atoms with van der Waals surface area (Å²) in [6, 6.07) is 13.3. The average Bonchev–Trinajstić information content (AvgIpc) is 3.43. The Morgan fingerprint density at radius 2 is 1.93 bits per heavy atom. The van der Waals surface area contributed by atoms with Gasteiger partial charge in [0.1, 0.15) is 17.4 Å². The van der Waals surface area contributed by atoms with Crippen LogP contribution in [0.2, 0.25) is 0 Å². The molecule has 1 saturated carbocycles. The first-order valence-electron chi connectivity index (χ1n) is 10.1. The summed E-state index contributed by atoms with van der Waals surface area (Å²) in [4.78, 5) is 31.1. The van der Waals surface area contributed by atoms with E-state index in [9.17, 15) is 9.59 Å². The van der Waals surface area contributed by atoms with Gasteiger partial charge in [0.25, 0.3) is 0 Å². The molecular weight excluding hydrogens is 400 g/mol. The Kier molecular flexibility index (Phi) is 5.99. The van der Waals surface area contributed by atoms with E-state index in [2.05, 4.69) is 4.98 Å². The van der Waals surface area contributed by atoms with Gasteiger partial charge in [0.05, 0.1) is 23.0 Å². The number of nitrogens with zero attached hydrogens (tertiary/aromatic N) is 2. The number of aryl methyl sites for hydroxylation is 1. The Hall–Kier alpha value is -2.93. The fourth-order valence-electron chi connectivity index (χ4n) is 3.85. The van der Waals surface area contributed by atoms with E-state index in [4.69, 9.17) is 9.47 Å². The number of fused-ring (bicyclic) bond motifs is 1. The van der Waals surface area contributed by atoms with Crippen molar-refractivity contribution in [3.63, 3.8) is 0 Å². The standard InChI is InChI=1S/C23H24N2O4S/c1-15-13-17(29-14-21-24-18-9-5-6-10-20(18)30-21)11-12-19(15)25(23(27)28-2)22(26)16-7-3-4-8-16/h5-6,9-13,16H,3-4,7-8,14H2,1-2H3. The van der Waals surface area contributed by atoms with Crippen LogP contribution in [0.3, 0.4) is 0 Å². The summed E-state index contributed by atoms with van der Waals surface area (Å²) in [6.45, 7) is 2.22. The highest BCUT2D eigenvalue weighted by Crippen LogP contribution is 2.32. The van der Waals surface area contributed by atoms with Gasteiger partial charge >= 0.3 is 6.09 Å². The lowest BCUT2D eigenvalue weighted by Crippen LogP contribution is -2.40. The van der Waals surface area contributed by atoms with E-state index in [1.165, 1.54) is 12.0 Å². The highest BCUT2D eigenvalue weighted by atomic mass is 32.1. The van der Waals surface area contributed by atoms with Crippen LogP contribution in [0.4, 0.5) is 10.5 Å². The molecule has 30 heavy (non-hydrogen) atoms. The highest BCUT2D eigenvalue weighted by Gasteiger charge is 2.33. The summed E-state index contributed by atoms with van der Waals surface area (Å²) >= 11 is 1.60. The number of benzene rings is 2. The molecule has 1 aliphatic rings. The predicted octanol–water partition coefficient (Wildman–Crippen LogP) is 5.47. The third-order valence-electron chi connectivity index (χ3n) is 5.39. The molecule has 0 aliphatic heterocycles. The molecule has 0 unspecified atom stereocenters. The van der Waals surface area contributed by atoms with Gasteiger partial charge in [-0.3, -0.25) is 4.79 Å². The van der Waals surface area contributed by atoms with Gasteiger partial charge in [0.15, 0.2) is 0 Å². The number of thiazole rings is 1. The van der Waals surface area contributed by atoms with Gasteiger partial charge in [-0.1, -0.05) is 25.0 Å². The molecule has 1 fully saturated rings. The Morgan fingerprint density at radius 3 is 2.63 bits per heavy atom. The lowest BCUT2D eigenvalue weighted by atomic mass is 10.1. The fraction of sp³-hybridized carbons (Fsp3) is 0.348. The van der Waals surface area contributed by atoms with Crippen LogP contribution in [0, 0.1) is 12.8 Å². The van der Waals surface area contributed by atoms with Crippen molar-refractivity contribution in [2.24, 2.45) is 5.92 Å². The van der Waals surface area contributed by atoms with Crippen molar-refractivity contribution < 1.29 is 19.1 Å². The molecule has 0 N–H and O–H groups in total. The molecule has 2 amide bonds. The van der Waals surface area contributed by atoms with Crippen LogP contribution >= 0.6 is 11.3 Å². The normalized spacial score (nSPS) is 14.1. The molecule has 156 valence electrons. The smallest absolute Gasteiger partial charge is 0.420 e. The zero-order valence-electron chi connectivity index (χ0n) is 17.1. The van der Waals surface area contributed by atoms with Crippen LogP contribution in [0.5, 0.6) is 5.75 Å². The number of carbonyl (C=O) groups is 2. The Labute approximate surface area is 179 Å². The summed E-state index contributed by atoms with van der Waals surface area (Å²) in [7, 11) is 1.29. The van der Waals surface area contributed by atoms with E-state index in [-0.39, 0.29) is 11.8 Å². The average molecular weight is 425 g/mol. The van der Waals surface area contributed by atoms with Crippen LogP contribution in [0.1, 0.15) is 36.3 Å². The van der Waals surface area contributed by atoms with Crippen molar-refractivity contribution >= 4 is 39.2 Å². The molecular formula is C23H24N2O4S. The van der Waals surface area contributed by atoms with Crippen molar-refractivity contribution in [3.05, 3.63) is 53.0 Å². The summed E-state index contributed by atoms with van der Waals surface area (Å²) < 4.78 is 11.9. The number of amides is 2. The molecule has 7 heteroatoms. The largest absolute Gasteiger partial charge is 0.486 e. The van der Waals surface area contributed by atoms with Crippen LogP contribution in [0.15, 0.2) is 42.5 Å². The first-order chi connectivity index (χ1) is 14.6. The van der Waals surface area contributed by atoms with E-state index < -0.39 is 6.09 Å². The van der Waals surface area contributed by atoms with Crippen LogP contribution in [-0.2, 0) is 16.1 Å². The van der Waals surface area contributed by atoms with Gasteiger partial charge in [-0.15, -0.1) is 11.3 Å². The first-order valence-corrected chi connectivity index (χ1v) is 10.9. The second-order valence-electron chi connectivity index (χ2n) is 7.44. The number of imide groups is 1. The van der Waals surface area contributed by atoms with Crippen LogP contribution in [0.25, 0.3) is 10.2 Å². The number of anilines is 1. The van der Waals surface area contributed by atoms with Crippen molar-refractivity contribution in [1.29, 1.82) is 0 Å². The quantitative estimate of drug-likeness (QED) is 0.543. The van der Waals surface area contributed by atoms with Crippen LogP contribution in [-0.4, -0.2) is 24.1 Å². The minimum absolute atomic E-state index is 0.126. The minimum Gasteiger partial charge on any atom is -0.486 e. The molecule has 0 radical (unpaired) electrons. The second kappa shape index (κ2) is 8.83. The minimum atomic E-state index is -0.654. The number of hydrogen-bond acceptors (Lipinski definition) is 6. The molecule has 6 nitrogen and oxygen atoms in total. The molecule has 1 aliphatic carbocycles. The monoisotopic (exact) mass is 424 g/mol. The van der Waals surface area contributed by atoms with E-state index in [1.807, 2.05) is 37.3 Å². The third kappa shape index (κ3) is 4.16. The lowest BCUT2D eigenvalue weighted by molar-refractivity contribution is -0.121. The molecule has 0 spiro atoms. The van der Waals surface area contributed by atoms with Gasteiger partial charge < -0.3 is 9.47 Å². The van der Waals surface area contributed by atoms with Crippen molar-refractivity contribution in [2.75, 3.05) is 12.0 Å². The number of methoxy groups -OCH3 is 1. The Morgan fingerprint density at radius 1 is 1.17 bits per heavy atom. The third-order valence-corrected chi connectivity index (χ3v) is 6.40. The molecule has 0 bridgehead atoms. The number of para-hydroxylation sites is 1. The van der Waals surface area contributed by atoms with Gasteiger partial charge in [-0.05, 0) is 55.7 Å². The summed E-state index contributed by atoms with van der Waals surface area (Å²) in [5.74, 6) is 0.345. The topological polar surface area (TPSA) is 68.7 Å². The first kappa shape index (κ1) is 20.3. The van der Waals surface area contributed by atoms with Crippen molar-refractivity contribution in [3.8, 4) is 5.75 Å². The highest BCUT2D eigenvalue weighted by molar-refractivity contribution is 7.18. The van der Waals surface area contributed by atoms with E-state index in [1.54, 1.807) is 23.5 Å². The van der Waals surface area contributed by atoms with E-state index >= 15 is 0 Å². The molecule has 4 rings (SSSR count). The Bertz CT molecular complexity index is 1040. The lowest BCUT2D eigenvalue weighted by Gasteiger charge is -2.24. The SMILES string of the molecule is COC(=O)N(C(=O)C1CCCC1)c1ccc(OCc2nc3ccccc3s2)cc1C. The molecule has 0 saturated heterocycles. The number of carbonyl (C=O) groups excluding carboxylic acids is 2. The number of ether oxygens (including phenoxy) is 2. The van der Waals surface area contributed by atoms with E-state index in [0.29, 0.717) is 18.0 Å². The second-order valence-corrected chi connectivity index (χ2v) is 8.55. The van der Waals surface area contributed by atoms with Gasteiger partial charge in [0, 0.05) is 5.92 Å². The fourth-order valence-corrected chi connectivity index (χ4v) is 4.73. The number of rotatable bonds is 5. The Balaban J connectivity index is 1.51. The molecule has 1 heterocycles. The number of aromatic nitrogens is 1. The van der Waals surface area contributed by atoms with Crippen LogP contribution < -0.4 is 9.64 Å². The predicted molar refractivity (Wildman–Crippen MR) is 117 cm³/mol. The molecule has 2 aromatic carbocycles. The zero-order chi connectivity index (χ0) is 21.1. The maximum Gasteiger partial charge on any atom is 0.420 e. The van der Waals surface area contributed by atoms with E-state index in [0.717, 1.165) is 46.5 Å². The van der Waals surface area contributed by atoms with Gasteiger partial charge in [0.2, 0.25) is 5.91 Å². The van der Waals surface area contributed by atoms with Gasteiger partial charge in [-0.2, -0.15) is 0 Å². The molecule has 3 aromatic rings. The van der Waals surface area contributed by atoms with Gasteiger partial charge in [-0.25, -0.2) is 14.7 Å². The summed E-state index contributed by atoms with van der Waals surface area (Å²) in [5, 5.41) is 0.894. The zero-order valence-corrected chi connectivity index (χ0v) is 17.9. The number of hydrogen-bond donors (Lipinski definition) is 0. The maximum absolute atomic E-state index is 13.0. The summed E-state index contributed by atoms with van der Waals surface area (Å²) in [5.41, 5.74) is 2.27. The molecule has 1 aromatic heterocycles. The maximum atomic E-state index is 13.0. The molecule has 0 atom stereocenters.